The second-order valence-corrected chi connectivity index (χ2v) is 5.72. The van der Waals surface area contributed by atoms with Crippen molar-refractivity contribution in [3.63, 3.8) is 0 Å². The minimum Gasteiger partial charge on any atom is -0.383 e. The van der Waals surface area contributed by atoms with Crippen molar-refractivity contribution in [2.75, 3.05) is 32.2 Å². The molecule has 1 aromatic rings. The number of nitrogens with zero attached hydrogens (tertiary/aromatic N) is 2. The molecule has 2 rings (SSSR count). The van der Waals surface area contributed by atoms with E-state index in [4.69, 9.17) is 4.74 Å². The molecule has 2 unspecified atom stereocenters. The van der Waals surface area contributed by atoms with Crippen molar-refractivity contribution in [1.82, 2.24) is 10.3 Å². The number of aromatic nitrogens is 1. The third-order valence-corrected chi connectivity index (χ3v) is 4.33. The molecule has 1 N–H and O–H groups in total. The molecule has 112 valence electrons. The van der Waals surface area contributed by atoms with E-state index in [0.717, 1.165) is 24.9 Å². The Morgan fingerprint density at radius 3 is 2.80 bits per heavy atom. The van der Waals surface area contributed by atoms with Crippen LogP contribution in [0.2, 0.25) is 0 Å². The van der Waals surface area contributed by atoms with Crippen molar-refractivity contribution in [2.24, 2.45) is 5.92 Å². The van der Waals surface area contributed by atoms with Gasteiger partial charge in [0.05, 0.1) is 6.61 Å². The summed E-state index contributed by atoms with van der Waals surface area (Å²) in [6.07, 6.45) is 4.60. The lowest BCUT2D eigenvalue weighted by Crippen LogP contribution is -2.38. The first-order valence-electron chi connectivity index (χ1n) is 7.56. The Morgan fingerprint density at radius 2 is 2.20 bits per heavy atom. The number of rotatable bonds is 8. The van der Waals surface area contributed by atoms with Crippen molar-refractivity contribution >= 4 is 5.82 Å². The lowest BCUT2D eigenvalue weighted by atomic mass is 10.1. The Bertz CT molecular complexity index is 420. The van der Waals surface area contributed by atoms with Gasteiger partial charge in [-0.3, -0.25) is 0 Å². The van der Waals surface area contributed by atoms with E-state index in [-0.39, 0.29) is 0 Å². The topological polar surface area (TPSA) is 37.4 Å². The van der Waals surface area contributed by atoms with Crippen LogP contribution in [-0.2, 0) is 4.74 Å². The summed E-state index contributed by atoms with van der Waals surface area (Å²) in [5, 5.41) is 3.28. The monoisotopic (exact) mass is 277 g/mol. The van der Waals surface area contributed by atoms with Crippen LogP contribution >= 0.6 is 0 Å². The smallest absolute Gasteiger partial charge is 0.129 e. The summed E-state index contributed by atoms with van der Waals surface area (Å²) in [5.41, 5.74) is 1.28. The van der Waals surface area contributed by atoms with Crippen molar-refractivity contribution in [2.45, 2.75) is 38.8 Å². The highest BCUT2D eigenvalue weighted by Gasteiger charge is 2.32. The molecule has 0 amide bonds. The van der Waals surface area contributed by atoms with E-state index >= 15 is 0 Å². The Labute approximate surface area is 122 Å². The second kappa shape index (κ2) is 7.04. The average Bonchev–Trinajstić information content (AvgIpc) is 3.31. The lowest BCUT2D eigenvalue weighted by molar-refractivity contribution is 0.202. The van der Waals surface area contributed by atoms with Gasteiger partial charge in [-0.15, -0.1) is 0 Å². The first-order chi connectivity index (χ1) is 9.67. The summed E-state index contributed by atoms with van der Waals surface area (Å²) in [6.45, 7) is 6.12. The summed E-state index contributed by atoms with van der Waals surface area (Å²) < 4.78 is 5.26. The quantitative estimate of drug-likeness (QED) is 0.792. The van der Waals surface area contributed by atoms with Gasteiger partial charge < -0.3 is 15.0 Å². The van der Waals surface area contributed by atoms with Gasteiger partial charge in [0, 0.05) is 31.9 Å². The van der Waals surface area contributed by atoms with Crippen LogP contribution in [0.25, 0.3) is 0 Å². The molecule has 0 aliphatic heterocycles. The maximum Gasteiger partial charge on any atom is 0.129 e. The molecule has 1 fully saturated rings. The minimum absolute atomic E-state index is 0.345. The molecule has 1 aliphatic carbocycles. The van der Waals surface area contributed by atoms with Gasteiger partial charge in [0.15, 0.2) is 0 Å². The molecule has 1 heterocycles. The summed E-state index contributed by atoms with van der Waals surface area (Å²) in [4.78, 5) is 6.98. The third-order valence-electron chi connectivity index (χ3n) is 4.33. The van der Waals surface area contributed by atoms with Gasteiger partial charge in [0.1, 0.15) is 5.82 Å². The first-order valence-corrected chi connectivity index (χ1v) is 7.56. The van der Waals surface area contributed by atoms with E-state index in [2.05, 4.69) is 41.2 Å². The summed E-state index contributed by atoms with van der Waals surface area (Å²) in [6, 6.07) is 5.17. The lowest BCUT2D eigenvalue weighted by Gasteiger charge is -2.31. The fourth-order valence-electron chi connectivity index (χ4n) is 2.58. The Balaban J connectivity index is 2.18. The van der Waals surface area contributed by atoms with Crippen molar-refractivity contribution < 1.29 is 4.74 Å². The van der Waals surface area contributed by atoms with Crippen LogP contribution in [0.5, 0.6) is 0 Å². The van der Waals surface area contributed by atoms with E-state index in [1.54, 1.807) is 7.11 Å². The predicted molar refractivity (Wildman–Crippen MR) is 83.1 cm³/mol. The fraction of sp³-hybridized carbons (Fsp3) is 0.688. The Hall–Kier alpha value is -1.13. The third kappa shape index (κ3) is 3.70. The van der Waals surface area contributed by atoms with E-state index in [0.29, 0.717) is 12.1 Å². The number of hydrogen-bond acceptors (Lipinski definition) is 4. The van der Waals surface area contributed by atoms with E-state index < -0.39 is 0 Å². The molecule has 0 aromatic carbocycles. The molecule has 4 nitrogen and oxygen atoms in total. The summed E-state index contributed by atoms with van der Waals surface area (Å²) in [5.74, 6) is 1.89. The second-order valence-electron chi connectivity index (χ2n) is 5.72. The molecule has 2 atom stereocenters. The van der Waals surface area contributed by atoms with Crippen molar-refractivity contribution in [3.8, 4) is 0 Å². The molecule has 0 spiro atoms. The molecule has 4 heteroatoms. The van der Waals surface area contributed by atoms with Crippen LogP contribution in [0.1, 0.15) is 38.3 Å². The zero-order valence-electron chi connectivity index (χ0n) is 13.1. The molecular weight excluding hydrogens is 250 g/mol. The van der Waals surface area contributed by atoms with E-state index in [1.165, 1.54) is 18.4 Å². The SMILES string of the molecule is CNC(C)c1ccnc(N(CCOC)C(C)C2CC2)c1. The maximum atomic E-state index is 5.26. The standard InChI is InChI=1S/C16H27N3O/c1-12(17-3)15-7-8-18-16(11-15)19(9-10-20-4)13(2)14-5-6-14/h7-8,11-14,17H,5-6,9-10H2,1-4H3. The number of pyridine rings is 1. The van der Waals surface area contributed by atoms with Crippen LogP contribution in [0.3, 0.4) is 0 Å². The number of hydrogen-bond donors (Lipinski definition) is 1. The van der Waals surface area contributed by atoms with Gasteiger partial charge in [-0.25, -0.2) is 4.98 Å². The van der Waals surface area contributed by atoms with Gasteiger partial charge in [-0.2, -0.15) is 0 Å². The average molecular weight is 277 g/mol. The van der Waals surface area contributed by atoms with Crippen LogP contribution < -0.4 is 10.2 Å². The van der Waals surface area contributed by atoms with Gasteiger partial charge in [0.2, 0.25) is 0 Å². The van der Waals surface area contributed by atoms with Crippen LogP contribution in [0.15, 0.2) is 18.3 Å². The van der Waals surface area contributed by atoms with E-state index in [1.807, 2.05) is 13.2 Å². The minimum atomic E-state index is 0.345. The van der Waals surface area contributed by atoms with Crippen LogP contribution in [0, 0.1) is 5.92 Å². The molecule has 1 saturated carbocycles. The number of methoxy groups -OCH3 is 1. The normalized spacial score (nSPS) is 17.8. The largest absolute Gasteiger partial charge is 0.383 e. The van der Waals surface area contributed by atoms with Crippen LogP contribution in [0.4, 0.5) is 5.82 Å². The number of nitrogens with one attached hydrogen (secondary N) is 1. The van der Waals surface area contributed by atoms with E-state index in [9.17, 15) is 0 Å². The van der Waals surface area contributed by atoms with Gasteiger partial charge in [-0.05, 0) is 57.4 Å². The number of ether oxygens (including phenoxy) is 1. The highest BCUT2D eigenvalue weighted by atomic mass is 16.5. The molecule has 0 bridgehead atoms. The van der Waals surface area contributed by atoms with Crippen molar-refractivity contribution in [3.05, 3.63) is 23.9 Å². The number of anilines is 1. The molecule has 1 aliphatic rings. The highest BCUT2D eigenvalue weighted by molar-refractivity contribution is 5.43. The zero-order chi connectivity index (χ0) is 14.5. The molecular formula is C16H27N3O. The summed E-state index contributed by atoms with van der Waals surface area (Å²) in [7, 11) is 3.74. The fourth-order valence-corrected chi connectivity index (χ4v) is 2.58. The molecule has 0 saturated heterocycles. The Morgan fingerprint density at radius 1 is 1.45 bits per heavy atom. The van der Waals surface area contributed by atoms with Crippen molar-refractivity contribution in [1.29, 1.82) is 0 Å². The highest BCUT2D eigenvalue weighted by Crippen LogP contribution is 2.36. The maximum absolute atomic E-state index is 5.26. The van der Waals surface area contributed by atoms with Gasteiger partial charge >= 0.3 is 0 Å². The Kier molecular flexibility index (Phi) is 5.38. The first kappa shape index (κ1) is 15.3. The van der Waals surface area contributed by atoms with Crippen LogP contribution in [-0.4, -0.2) is 38.3 Å². The zero-order valence-corrected chi connectivity index (χ0v) is 13.1. The molecule has 0 radical (unpaired) electrons. The van der Waals surface area contributed by atoms with Gasteiger partial charge in [0.25, 0.3) is 0 Å². The molecule has 20 heavy (non-hydrogen) atoms. The van der Waals surface area contributed by atoms with Gasteiger partial charge in [-0.1, -0.05) is 0 Å². The predicted octanol–water partition coefficient (Wildman–Crippen LogP) is 2.61. The molecule has 1 aromatic heterocycles. The summed E-state index contributed by atoms with van der Waals surface area (Å²) >= 11 is 0.